The van der Waals surface area contributed by atoms with E-state index in [4.69, 9.17) is 36.9 Å². The van der Waals surface area contributed by atoms with Gasteiger partial charge in [-0.1, -0.05) is 133 Å². The molecule has 0 N–H and O–H groups in total. The van der Waals surface area contributed by atoms with Gasteiger partial charge in [-0.25, -0.2) is 18.5 Å². The molecule has 0 atom stereocenters. The third-order valence-corrected chi connectivity index (χ3v) is 11.1. The van der Waals surface area contributed by atoms with Gasteiger partial charge >= 0.3 is 15.6 Å². The Labute approximate surface area is 330 Å². The summed E-state index contributed by atoms with van der Waals surface area (Å²) in [6.07, 6.45) is 0. The van der Waals surface area contributed by atoms with Gasteiger partial charge in [-0.15, -0.1) is 0 Å². The predicted molar refractivity (Wildman–Crippen MR) is 215 cm³/mol. The van der Waals surface area contributed by atoms with Gasteiger partial charge in [-0.05, 0) is 46.5 Å². The van der Waals surface area contributed by atoms with E-state index in [0.29, 0.717) is 27.8 Å². The number of halogens is 1. The van der Waals surface area contributed by atoms with Gasteiger partial charge in [-0.2, -0.15) is 0 Å². The molecule has 0 aliphatic heterocycles. The number of nitrogens with zero attached hydrogens (tertiary/aromatic N) is 1. The van der Waals surface area contributed by atoms with E-state index in [2.05, 4.69) is 0 Å². The first kappa shape index (κ1) is 39.6. The average molecular weight is 806 g/mol. The molecule has 0 saturated heterocycles. The standard InChI is InChI=1S/C44H38FNO9P2/c1-49-41-26-25-39-43(44(41)55-57(48,52-31-35-19-10-4-11-20-35)53-32-36-21-12-5-13-22-36)42(28-40(46-39)37-23-14-24-38(45)27-37)54-56(47,50-29-33-15-6-2-7-16-33)51-30-34-17-8-3-9-18-34/h2-28H,29-32H2,1H3. The second kappa shape index (κ2) is 18.5. The summed E-state index contributed by atoms with van der Waals surface area (Å²) in [5, 5.41) is 0.0770. The second-order valence-electron chi connectivity index (χ2n) is 12.6. The van der Waals surface area contributed by atoms with Crippen molar-refractivity contribution in [3.8, 4) is 28.5 Å². The number of aromatic nitrogens is 1. The normalized spacial score (nSPS) is 11.7. The van der Waals surface area contributed by atoms with Crippen LogP contribution in [0.2, 0.25) is 0 Å². The predicted octanol–water partition coefficient (Wildman–Crippen LogP) is 11.9. The molecule has 0 aliphatic carbocycles. The van der Waals surface area contributed by atoms with Gasteiger partial charge in [0.2, 0.25) is 0 Å². The highest BCUT2D eigenvalue weighted by Crippen LogP contribution is 2.58. The molecule has 0 unspecified atom stereocenters. The van der Waals surface area contributed by atoms with Crippen LogP contribution >= 0.6 is 15.6 Å². The molecule has 7 rings (SSSR count). The van der Waals surface area contributed by atoms with Crippen molar-refractivity contribution in [2.75, 3.05) is 7.11 Å². The first-order valence-electron chi connectivity index (χ1n) is 17.9. The molecule has 290 valence electrons. The van der Waals surface area contributed by atoms with Gasteiger partial charge in [0.25, 0.3) is 0 Å². The maximum atomic E-state index is 14.8. The number of fused-ring (bicyclic) bond motifs is 1. The fourth-order valence-electron chi connectivity index (χ4n) is 5.69. The van der Waals surface area contributed by atoms with Crippen LogP contribution in [0.15, 0.2) is 164 Å². The molecule has 0 bridgehead atoms. The van der Waals surface area contributed by atoms with Crippen molar-refractivity contribution in [3.05, 3.63) is 192 Å². The Hall–Kier alpha value is -5.64. The summed E-state index contributed by atoms with van der Waals surface area (Å²) in [5.74, 6) is -0.656. The van der Waals surface area contributed by atoms with E-state index < -0.39 is 21.5 Å². The lowest BCUT2D eigenvalue weighted by atomic mass is 10.1. The maximum Gasteiger partial charge on any atom is 0.530 e. The second-order valence-corrected chi connectivity index (χ2v) is 15.8. The Morgan fingerprint density at radius 3 is 1.40 bits per heavy atom. The van der Waals surface area contributed by atoms with Crippen molar-refractivity contribution < 1.29 is 45.4 Å². The molecule has 7 aromatic rings. The molecule has 0 aliphatic rings. The van der Waals surface area contributed by atoms with Gasteiger partial charge in [0.05, 0.1) is 50.1 Å². The topological polar surface area (TPSA) is 112 Å². The summed E-state index contributed by atoms with van der Waals surface area (Å²) in [4.78, 5) is 4.79. The fourth-order valence-corrected chi connectivity index (χ4v) is 8.06. The van der Waals surface area contributed by atoms with Crippen LogP contribution in [-0.4, -0.2) is 12.1 Å². The van der Waals surface area contributed by atoms with Gasteiger partial charge in [0.1, 0.15) is 11.6 Å². The molecule has 1 heterocycles. The molecule has 1 aromatic heterocycles. The van der Waals surface area contributed by atoms with Crippen molar-refractivity contribution >= 4 is 26.5 Å². The largest absolute Gasteiger partial charge is 0.530 e. The quantitative estimate of drug-likeness (QED) is 0.0777. The first-order chi connectivity index (χ1) is 27.8. The molecular weight excluding hydrogens is 767 g/mol. The molecule has 0 radical (unpaired) electrons. The van der Waals surface area contributed by atoms with Crippen molar-refractivity contribution in [2.24, 2.45) is 0 Å². The number of hydrogen-bond acceptors (Lipinski definition) is 10. The van der Waals surface area contributed by atoms with E-state index in [-0.39, 0.29) is 60.3 Å². The number of phosphoric ester groups is 2. The van der Waals surface area contributed by atoms with Crippen LogP contribution in [0, 0.1) is 5.82 Å². The van der Waals surface area contributed by atoms with Crippen LogP contribution < -0.4 is 13.8 Å². The fraction of sp³-hybridized carbons (Fsp3) is 0.114. The molecule has 10 nitrogen and oxygen atoms in total. The Morgan fingerprint density at radius 2 is 0.965 bits per heavy atom. The van der Waals surface area contributed by atoms with Crippen molar-refractivity contribution in [2.45, 2.75) is 26.4 Å². The zero-order valence-electron chi connectivity index (χ0n) is 30.8. The van der Waals surface area contributed by atoms with Gasteiger partial charge in [-0.3, -0.25) is 18.1 Å². The minimum absolute atomic E-state index is 0.0770. The number of methoxy groups -OCH3 is 1. The number of pyridine rings is 1. The van der Waals surface area contributed by atoms with Crippen molar-refractivity contribution in [1.29, 1.82) is 0 Å². The lowest BCUT2D eigenvalue weighted by Crippen LogP contribution is -2.07. The number of rotatable bonds is 18. The number of phosphoric acid groups is 2. The average Bonchev–Trinajstić information content (AvgIpc) is 3.25. The third-order valence-electron chi connectivity index (χ3n) is 8.54. The minimum atomic E-state index is -4.53. The summed E-state index contributed by atoms with van der Waals surface area (Å²) in [5.41, 5.74) is 3.73. The highest BCUT2D eigenvalue weighted by Gasteiger charge is 2.35. The van der Waals surface area contributed by atoms with E-state index in [9.17, 15) is 13.5 Å². The summed E-state index contributed by atoms with van der Waals surface area (Å²) >= 11 is 0. The Kier molecular flexibility index (Phi) is 12.9. The monoisotopic (exact) mass is 805 g/mol. The summed E-state index contributed by atoms with van der Waals surface area (Å²) in [7, 11) is -7.64. The lowest BCUT2D eigenvalue weighted by molar-refractivity contribution is 0.142. The SMILES string of the molecule is COc1ccc2nc(-c3cccc(F)c3)cc(OP(=O)(OCc3ccccc3)OCc3ccccc3)c2c1OP(=O)(OCc1ccccc1)OCc1ccccc1. The number of benzene rings is 6. The zero-order chi connectivity index (χ0) is 39.5. The van der Waals surface area contributed by atoms with E-state index in [0.717, 1.165) is 0 Å². The number of hydrogen-bond donors (Lipinski definition) is 0. The summed E-state index contributed by atoms with van der Waals surface area (Å²) < 4.78 is 86.4. The van der Waals surface area contributed by atoms with E-state index in [1.807, 2.05) is 121 Å². The smallest absolute Gasteiger partial charge is 0.493 e. The molecule has 13 heteroatoms. The molecular formula is C44H38FNO9P2. The van der Waals surface area contributed by atoms with Gasteiger partial charge in [0, 0.05) is 11.6 Å². The van der Waals surface area contributed by atoms with Crippen molar-refractivity contribution in [1.82, 2.24) is 4.98 Å². The molecule has 0 saturated carbocycles. The summed E-state index contributed by atoms with van der Waals surface area (Å²) in [6.45, 7) is -0.507. The molecule has 57 heavy (non-hydrogen) atoms. The molecule has 0 fully saturated rings. The molecule has 6 aromatic carbocycles. The van der Waals surface area contributed by atoms with Crippen LogP contribution in [0.3, 0.4) is 0 Å². The van der Waals surface area contributed by atoms with E-state index >= 15 is 0 Å². The van der Waals surface area contributed by atoms with Gasteiger partial charge in [0.15, 0.2) is 11.5 Å². The van der Waals surface area contributed by atoms with Crippen LogP contribution in [0.5, 0.6) is 17.2 Å². The molecule has 0 spiro atoms. The Bertz CT molecular complexity index is 2400. The zero-order valence-corrected chi connectivity index (χ0v) is 32.6. The van der Waals surface area contributed by atoms with Crippen LogP contribution in [0.4, 0.5) is 4.39 Å². The van der Waals surface area contributed by atoms with E-state index in [1.165, 1.54) is 25.3 Å². The van der Waals surface area contributed by atoms with Crippen LogP contribution in [-0.2, 0) is 53.7 Å². The lowest BCUT2D eigenvalue weighted by Gasteiger charge is -2.24. The maximum absolute atomic E-state index is 14.8. The Balaban J connectivity index is 1.35. The van der Waals surface area contributed by atoms with E-state index in [1.54, 1.807) is 24.3 Å². The molecule has 0 amide bonds. The highest BCUT2D eigenvalue weighted by molar-refractivity contribution is 7.49. The van der Waals surface area contributed by atoms with Gasteiger partial charge < -0.3 is 13.8 Å². The number of ether oxygens (including phenoxy) is 1. The minimum Gasteiger partial charge on any atom is -0.493 e. The van der Waals surface area contributed by atoms with Crippen LogP contribution in [0.25, 0.3) is 22.2 Å². The van der Waals surface area contributed by atoms with Crippen LogP contribution in [0.1, 0.15) is 22.3 Å². The first-order valence-corrected chi connectivity index (χ1v) is 20.8. The van der Waals surface area contributed by atoms with Crippen molar-refractivity contribution in [3.63, 3.8) is 0 Å². The third kappa shape index (κ3) is 10.6. The highest BCUT2D eigenvalue weighted by atomic mass is 31.2. The Morgan fingerprint density at radius 1 is 0.509 bits per heavy atom. The summed E-state index contributed by atoms with van der Waals surface area (Å²) in [6, 6.07) is 46.9.